The van der Waals surface area contributed by atoms with Crippen LogP contribution in [-0.2, 0) is 10.0 Å². The second-order valence-corrected chi connectivity index (χ2v) is 10.3. The zero-order valence-corrected chi connectivity index (χ0v) is 18.3. The molecule has 1 aromatic carbocycles. The van der Waals surface area contributed by atoms with Crippen molar-refractivity contribution in [3.63, 3.8) is 0 Å². The fourth-order valence-electron chi connectivity index (χ4n) is 3.93. The van der Waals surface area contributed by atoms with Gasteiger partial charge in [-0.1, -0.05) is 15.9 Å². The number of nitrogens with one attached hydrogen (secondary N) is 1. The average molecular weight is 465 g/mol. The van der Waals surface area contributed by atoms with E-state index in [4.69, 9.17) is 10.5 Å². The number of halogens is 1. The molecule has 0 spiro atoms. The summed E-state index contributed by atoms with van der Waals surface area (Å²) in [5.74, 6) is 0.217. The molecule has 1 heterocycles. The average Bonchev–Trinajstić information content (AvgIpc) is 2.93. The first-order chi connectivity index (χ1) is 12.4. The molecule has 1 fully saturated rings. The number of carboxylic acid groups (broad SMARTS) is 1. The summed E-state index contributed by atoms with van der Waals surface area (Å²) in [6, 6.07) is 3.76. The molecule has 1 unspecified atom stereocenters. The van der Waals surface area contributed by atoms with E-state index in [-0.39, 0.29) is 34.3 Å². The molecule has 0 saturated carbocycles. The van der Waals surface area contributed by atoms with E-state index in [0.717, 1.165) is 0 Å². The van der Waals surface area contributed by atoms with Crippen LogP contribution in [0.25, 0.3) is 0 Å². The van der Waals surface area contributed by atoms with Gasteiger partial charge in [-0.25, -0.2) is 17.6 Å². The largest absolute Gasteiger partial charge is 0.514 e. The van der Waals surface area contributed by atoms with E-state index in [2.05, 4.69) is 20.7 Å². The van der Waals surface area contributed by atoms with E-state index < -0.39 is 27.7 Å². The summed E-state index contributed by atoms with van der Waals surface area (Å²) in [6.45, 7) is 5.77. The minimum atomic E-state index is -3.91. The van der Waals surface area contributed by atoms with Crippen molar-refractivity contribution < 1.29 is 27.5 Å². The van der Waals surface area contributed by atoms with Crippen molar-refractivity contribution in [1.82, 2.24) is 4.72 Å². The molecule has 0 aliphatic carbocycles. The maximum atomic E-state index is 12.9. The van der Waals surface area contributed by atoms with Gasteiger partial charge in [-0.3, -0.25) is 0 Å². The molecule has 3 atom stereocenters. The second kappa shape index (κ2) is 7.67. The lowest BCUT2D eigenvalue weighted by atomic mass is 10.00. The molecular formula is C17H27BrN3O5S+. The summed E-state index contributed by atoms with van der Waals surface area (Å²) in [5, 5.41) is 9.97. The molecule has 152 valence electrons. The van der Waals surface area contributed by atoms with Crippen molar-refractivity contribution in [1.29, 1.82) is 0 Å². The van der Waals surface area contributed by atoms with Gasteiger partial charge in [-0.05, 0) is 39.0 Å². The van der Waals surface area contributed by atoms with Gasteiger partial charge in [-0.2, -0.15) is 4.79 Å². The van der Waals surface area contributed by atoms with Crippen LogP contribution in [-0.4, -0.2) is 61.9 Å². The number of nitrogens with zero attached hydrogens (tertiary/aromatic N) is 1. The predicted molar refractivity (Wildman–Crippen MR) is 105 cm³/mol. The zero-order chi connectivity index (χ0) is 20.6. The zero-order valence-electron chi connectivity index (χ0n) is 15.9. The molecule has 0 bridgehead atoms. The highest BCUT2D eigenvalue weighted by Crippen LogP contribution is 2.37. The van der Waals surface area contributed by atoms with Crippen LogP contribution in [0, 0.1) is 0 Å². The van der Waals surface area contributed by atoms with E-state index in [9.17, 15) is 18.3 Å². The lowest BCUT2D eigenvalue weighted by molar-refractivity contribution is -0.913. The summed E-state index contributed by atoms with van der Waals surface area (Å²) in [5.41, 5.74) is 5.23. The SMILES string of the molecule is COc1ccc(Br)cc1S(=O)(=O)N[C@@H]1C[C@H](CN)[N+](C(=O)O)(C(C)(C)C)C1. The highest BCUT2D eigenvalue weighted by atomic mass is 79.9. The lowest BCUT2D eigenvalue weighted by Gasteiger charge is -2.44. The summed E-state index contributed by atoms with van der Waals surface area (Å²) in [6.07, 6.45) is -0.657. The molecule has 1 aliphatic rings. The number of carbonyl (C=O) groups is 1. The van der Waals surface area contributed by atoms with Crippen LogP contribution in [0.15, 0.2) is 27.6 Å². The molecule has 1 aliphatic heterocycles. The van der Waals surface area contributed by atoms with Crippen LogP contribution in [0.3, 0.4) is 0 Å². The van der Waals surface area contributed by atoms with Crippen LogP contribution in [0.5, 0.6) is 5.75 Å². The first-order valence-corrected chi connectivity index (χ1v) is 10.8. The second-order valence-electron chi connectivity index (χ2n) is 7.74. The van der Waals surface area contributed by atoms with Gasteiger partial charge in [0.05, 0.1) is 13.2 Å². The Labute approximate surface area is 168 Å². The molecule has 1 saturated heterocycles. The fraction of sp³-hybridized carbons (Fsp3) is 0.588. The summed E-state index contributed by atoms with van der Waals surface area (Å²) >= 11 is 3.27. The molecular weight excluding hydrogens is 438 g/mol. The highest BCUT2D eigenvalue weighted by Gasteiger charge is 2.59. The minimum absolute atomic E-state index is 0.000225. The summed E-state index contributed by atoms with van der Waals surface area (Å²) < 4.78 is 34.0. The molecule has 0 radical (unpaired) electrons. The van der Waals surface area contributed by atoms with Crippen molar-refractivity contribution in [2.75, 3.05) is 20.2 Å². The van der Waals surface area contributed by atoms with Crippen molar-refractivity contribution in [3.05, 3.63) is 22.7 Å². The number of sulfonamides is 1. The summed E-state index contributed by atoms with van der Waals surface area (Å²) in [7, 11) is -2.51. The Morgan fingerprint density at radius 3 is 2.52 bits per heavy atom. The molecule has 4 N–H and O–H groups in total. The van der Waals surface area contributed by atoms with Gasteiger partial charge in [0.25, 0.3) is 0 Å². The Hall–Kier alpha value is -1.20. The third-order valence-corrected chi connectivity index (χ3v) is 7.27. The number of likely N-dealkylation sites (tertiary alicyclic amines) is 1. The number of hydrogen-bond acceptors (Lipinski definition) is 5. The standard InChI is InChI=1S/C17H26BrN3O5S/c1-17(2,3)21(16(22)23)10-12(8-13(21)9-19)20-27(24,25)15-7-11(18)5-6-14(15)26-4/h5-7,12-13,20H,8-10,19H2,1-4H3/p+1/t12-,13-,21?/m1/s1. The third kappa shape index (κ3) is 4.00. The topological polar surface area (TPSA) is 119 Å². The Balaban J connectivity index is 2.39. The molecule has 10 heteroatoms. The van der Waals surface area contributed by atoms with Crippen molar-refractivity contribution in [2.24, 2.45) is 5.73 Å². The predicted octanol–water partition coefficient (Wildman–Crippen LogP) is 2.13. The number of quaternary nitrogens is 1. The van der Waals surface area contributed by atoms with Crippen LogP contribution in [0.2, 0.25) is 0 Å². The number of ether oxygens (including phenoxy) is 1. The molecule has 0 aromatic heterocycles. The molecule has 2 rings (SSSR count). The number of hydrogen-bond donors (Lipinski definition) is 3. The van der Waals surface area contributed by atoms with Crippen LogP contribution in [0.4, 0.5) is 4.79 Å². The number of methoxy groups -OCH3 is 1. The Bertz CT molecular complexity index is 824. The van der Waals surface area contributed by atoms with Gasteiger partial charge in [0.2, 0.25) is 10.0 Å². The van der Waals surface area contributed by atoms with E-state index in [1.165, 1.54) is 13.2 Å². The molecule has 27 heavy (non-hydrogen) atoms. The van der Waals surface area contributed by atoms with Gasteiger partial charge in [0.1, 0.15) is 28.8 Å². The Morgan fingerprint density at radius 2 is 2.07 bits per heavy atom. The van der Waals surface area contributed by atoms with Crippen molar-refractivity contribution in [3.8, 4) is 5.75 Å². The maximum absolute atomic E-state index is 12.9. The van der Waals surface area contributed by atoms with E-state index >= 15 is 0 Å². The van der Waals surface area contributed by atoms with Gasteiger partial charge in [0, 0.05) is 17.4 Å². The number of rotatable bonds is 5. The quantitative estimate of drug-likeness (QED) is 0.574. The normalized spacial score (nSPS) is 26.1. The molecule has 1 amide bonds. The monoisotopic (exact) mass is 464 g/mol. The van der Waals surface area contributed by atoms with E-state index in [0.29, 0.717) is 10.9 Å². The summed E-state index contributed by atoms with van der Waals surface area (Å²) in [4.78, 5) is 12.2. The van der Waals surface area contributed by atoms with Crippen molar-refractivity contribution >= 4 is 32.0 Å². The highest BCUT2D eigenvalue weighted by molar-refractivity contribution is 9.10. The van der Waals surface area contributed by atoms with Crippen LogP contribution < -0.4 is 15.2 Å². The van der Waals surface area contributed by atoms with E-state index in [1.54, 1.807) is 12.1 Å². The first-order valence-electron chi connectivity index (χ1n) is 8.56. The first kappa shape index (κ1) is 22.1. The smallest absolute Gasteiger partial charge is 0.495 e. The van der Waals surface area contributed by atoms with Gasteiger partial charge >= 0.3 is 6.09 Å². The Kier molecular flexibility index (Phi) is 6.27. The number of amides is 1. The van der Waals surface area contributed by atoms with Gasteiger partial charge < -0.3 is 15.6 Å². The maximum Gasteiger partial charge on any atom is 0.514 e. The van der Waals surface area contributed by atoms with Gasteiger partial charge in [0.15, 0.2) is 0 Å². The minimum Gasteiger partial charge on any atom is -0.495 e. The fourth-order valence-corrected chi connectivity index (χ4v) is 5.87. The molecule has 1 aromatic rings. The number of nitrogens with two attached hydrogens (primary N) is 1. The van der Waals surface area contributed by atoms with E-state index in [1.807, 2.05) is 20.8 Å². The Morgan fingerprint density at radius 1 is 1.44 bits per heavy atom. The van der Waals surface area contributed by atoms with Crippen LogP contribution >= 0.6 is 15.9 Å². The third-order valence-electron chi connectivity index (χ3n) is 5.24. The van der Waals surface area contributed by atoms with Crippen molar-refractivity contribution in [2.45, 2.75) is 49.7 Å². The lowest BCUT2D eigenvalue weighted by Crippen LogP contribution is -2.67. The number of benzene rings is 1. The molecule has 8 nitrogen and oxygen atoms in total. The van der Waals surface area contributed by atoms with Crippen LogP contribution in [0.1, 0.15) is 27.2 Å². The van der Waals surface area contributed by atoms with Gasteiger partial charge in [-0.15, -0.1) is 0 Å².